The Bertz CT molecular complexity index is 1690. The van der Waals surface area contributed by atoms with Crippen LogP contribution in [0, 0.1) is 13.8 Å². The molecule has 34 heavy (non-hydrogen) atoms. The van der Waals surface area contributed by atoms with Crippen LogP contribution in [0.2, 0.25) is 0 Å². The summed E-state index contributed by atoms with van der Waals surface area (Å²) < 4.78 is 6.84. The average Bonchev–Trinajstić information content (AvgIpc) is 3.13. The quantitative estimate of drug-likeness (QED) is 0.393. The van der Waals surface area contributed by atoms with E-state index in [-0.39, 0.29) is 22.6 Å². The topological polar surface area (TPSA) is 107 Å². The second-order valence-corrected chi connectivity index (χ2v) is 9.11. The molecule has 8 nitrogen and oxygen atoms in total. The molecule has 0 aliphatic rings. The highest BCUT2D eigenvalue weighted by Gasteiger charge is 2.23. The molecule has 170 valence electrons. The predicted octanol–water partition coefficient (Wildman–Crippen LogP) is 4.22. The van der Waals surface area contributed by atoms with Crippen molar-refractivity contribution in [3.63, 3.8) is 0 Å². The maximum atomic E-state index is 13.2. The molecule has 9 heteroatoms. The number of nitrogens with zero attached hydrogens (tertiary/aromatic N) is 3. The van der Waals surface area contributed by atoms with Crippen LogP contribution < -0.4 is 11.1 Å². The second kappa shape index (κ2) is 8.35. The minimum Gasteiger partial charge on any atom is -0.450 e. The molecule has 3 aromatic heterocycles. The molecule has 2 aromatic carbocycles. The summed E-state index contributed by atoms with van der Waals surface area (Å²) in [5.41, 5.74) is 0.804. The van der Waals surface area contributed by atoms with E-state index < -0.39 is 12.1 Å². The van der Waals surface area contributed by atoms with E-state index in [4.69, 9.17) is 4.74 Å². The smallest absolute Gasteiger partial charge is 0.360 e. The fraction of sp³-hybridized carbons (Fsp3) is 0.160. The standard InChI is InChI=1S/C25H20N4O4S/c1-13-15(3)34-23-19(13)22(30)26-21(27-23)14(2)33-25(32)20-17-11-7-8-12-18(17)24(31)29(28-20)16-9-5-4-6-10-16/h4-12,14H,1-3H3,(H,26,27,30)/t14-/m0/s1. The van der Waals surface area contributed by atoms with E-state index in [1.165, 1.54) is 16.0 Å². The third kappa shape index (κ3) is 3.60. The number of para-hydroxylation sites is 1. The number of fused-ring (bicyclic) bond motifs is 2. The number of nitrogens with one attached hydrogen (secondary N) is 1. The second-order valence-electron chi connectivity index (χ2n) is 7.91. The fourth-order valence-electron chi connectivity index (χ4n) is 3.82. The number of carbonyl (C=O) groups is 1. The molecule has 1 atom stereocenters. The van der Waals surface area contributed by atoms with Gasteiger partial charge >= 0.3 is 5.97 Å². The number of benzene rings is 2. The number of H-pyrrole nitrogens is 1. The van der Waals surface area contributed by atoms with Crippen molar-refractivity contribution in [2.24, 2.45) is 0 Å². The van der Waals surface area contributed by atoms with E-state index in [9.17, 15) is 14.4 Å². The van der Waals surface area contributed by atoms with Gasteiger partial charge in [-0.25, -0.2) is 9.78 Å². The molecule has 0 aliphatic heterocycles. The summed E-state index contributed by atoms with van der Waals surface area (Å²) >= 11 is 1.42. The van der Waals surface area contributed by atoms with Gasteiger partial charge in [-0.15, -0.1) is 11.3 Å². The molecule has 5 rings (SSSR count). The lowest BCUT2D eigenvalue weighted by Gasteiger charge is -2.14. The van der Waals surface area contributed by atoms with Gasteiger partial charge < -0.3 is 9.72 Å². The number of carbonyl (C=O) groups excluding carboxylic acids is 1. The fourth-order valence-corrected chi connectivity index (χ4v) is 4.86. The minimum atomic E-state index is -0.843. The van der Waals surface area contributed by atoms with Crippen molar-refractivity contribution in [1.29, 1.82) is 0 Å². The Kier molecular flexibility index (Phi) is 5.33. The van der Waals surface area contributed by atoms with Crippen molar-refractivity contribution in [2.75, 3.05) is 0 Å². The lowest BCUT2D eigenvalue weighted by atomic mass is 10.1. The monoisotopic (exact) mass is 472 g/mol. The van der Waals surface area contributed by atoms with Crippen LogP contribution in [0.1, 0.15) is 39.8 Å². The van der Waals surface area contributed by atoms with Crippen molar-refractivity contribution in [3.8, 4) is 5.69 Å². The van der Waals surface area contributed by atoms with Gasteiger partial charge in [0.2, 0.25) is 0 Å². The molecule has 0 saturated heterocycles. The molecule has 0 amide bonds. The largest absolute Gasteiger partial charge is 0.450 e. The molecular weight excluding hydrogens is 452 g/mol. The van der Waals surface area contributed by atoms with Crippen molar-refractivity contribution in [1.82, 2.24) is 19.7 Å². The lowest BCUT2D eigenvalue weighted by molar-refractivity contribution is 0.0313. The number of hydrogen-bond donors (Lipinski definition) is 1. The molecular formula is C25H20N4O4S. The number of aromatic amines is 1. The number of aromatic nitrogens is 4. The highest BCUT2D eigenvalue weighted by molar-refractivity contribution is 7.18. The molecule has 0 spiro atoms. The van der Waals surface area contributed by atoms with Gasteiger partial charge in [0.25, 0.3) is 11.1 Å². The van der Waals surface area contributed by atoms with E-state index in [0.29, 0.717) is 26.7 Å². The van der Waals surface area contributed by atoms with Crippen LogP contribution in [-0.4, -0.2) is 25.7 Å². The van der Waals surface area contributed by atoms with E-state index in [1.54, 1.807) is 55.5 Å². The van der Waals surface area contributed by atoms with Crippen LogP contribution in [0.25, 0.3) is 26.7 Å². The van der Waals surface area contributed by atoms with E-state index in [2.05, 4.69) is 15.1 Å². The highest BCUT2D eigenvalue weighted by atomic mass is 32.1. The molecule has 5 aromatic rings. The molecule has 0 aliphatic carbocycles. The SMILES string of the molecule is Cc1sc2nc([C@H](C)OC(=O)c3nn(-c4ccccc4)c(=O)c4ccccc34)[nH]c(=O)c2c1C. The lowest BCUT2D eigenvalue weighted by Crippen LogP contribution is -2.26. The zero-order valence-electron chi connectivity index (χ0n) is 18.7. The summed E-state index contributed by atoms with van der Waals surface area (Å²) in [5.74, 6) is -0.484. The maximum Gasteiger partial charge on any atom is 0.360 e. The average molecular weight is 473 g/mol. The third-order valence-electron chi connectivity index (χ3n) is 5.73. The maximum absolute atomic E-state index is 13.2. The summed E-state index contributed by atoms with van der Waals surface area (Å²) in [4.78, 5) is 47.7. The van der Waals surface area contributed by atoms with E-state index in [1.807, 2.05) is 19.9 Å². The number of esters is 1. The number of rotatable bonds is 4. The molecule has 0 unspecified atom stereocenters. The number of thiophene rings is 1. The highest BCUT2D eigenvalue weighted by Crippen LogP contribution is 2.27. The summed E-state index contributed by atoms with van der Waals surface area (Å²) in [5, 5.41) is 5.62. The van der Waals surface area contributed by atoms with Crippen LogP contribution in [0.15, 0.2) is 64.2 Å². The van der Waals surface area contributed by atoms with Gasteiger partial charge in [0.05, 0.1) is 16.5 Å². The van der Waals surface area contributed by atoms with Crippen LogP contribution in [0.4, 0.5) is 0 Å². The van der Waals surface area contributed by atoms with Gasteiger partial charge in [0.1, 0.15) is 4.83 Å². The molecule has 0 fully saturated rings. The van der Waals surface area contributed by atoms with Gasteiger partial charge in [-0.05, 0) is 44.5 Å². The first-order valence-corrected chi connectivity index (χ1v) is 11.4. The Balaban J connectivity index is 1.56. The zero-order chi connectivity index (χ0) is 24.0. The van der Waals surface area contributed by atoms with Crippen molar-refractivity contribution < 1.29 is 9.53 Å². The van der Waals surface area contributed by atoms with Crippen molar-refractivity contribution >= 4 is 38.3 Å². The molecule has 0 radical (unpaired) electrons. The molecule has 3 heterocycles. The number of hydrogen-bond acceptors (Lipinski definition) is 7. The Morgan fingerprint density at radius 1 is 1.03 bits per heavy atom. The normalized spacial score (nSPS) is 12.2. The van der Waals surface area contributed by atoms with Crippen LogP contribution >= 0.6 is 11.3 Å². The Morgan fingerprint density at radius 2 is 1.71 bits per heavy atom. The van der Waals surface area contributed by atoms with Crippen LogP contribution in [0.5, 0.6) is 0 Å². The Labute approximate surface area is 197 Å². The van der Waals surface area contributed by atoms with Crippen LogP contribution in [0.3, 0.4) is 0 Å². The van der Waals surface area contributed by atoms with Gasteiger partial charge in [0.15, 0.2) is 17.6 Å². The van der Waals surface area contributed by atoms with Gasteiger partial charge in [-0.2, -0.15) is 9.78 Å². The summed E-state index contributed by atoms with van der Waals surface area (Å²) in [6.07, 6.45) is -0.843. The van der Waals surface area contributed by atoms with Crippen molar-refractivity contribution in [3.05, 3.63) is 97.3 Å². The first-order valence-electron chi connectivity index (χ1n) is 10.6. The summed E-state index contributed by atoms with van der Waals surface area (Å²) in [6, 6.07) is 15.6. The Hall–Kier alpha value is -4.11. The summed E-state index contributed by atoms with van der Waals surface area (Å²) in [6.45, 7) is 5.44. The Morgan fingerprint density at radius 3 is 2.44 bits per heavy atom. The van der Waals surface area contributed by atoms with Crippen molar-refractivity contribution in [2.45, 2.75) is 26.9 Å². The van der Waals surface area contributed by atoms with Gasteiger partial charge in [-0.1, -0.05) is 36.4 Å². The predicted molar refractivity (Wildman–Crippen MR) is 131 cm³/mol. The van der Waals surface area contributed by atoms with Gasteiger partial charge in [-0.3, -0.25) is 9.59 Å². The minimum absolute atomic E-state index is 0.00265. The first kappa shape index (κ1) is 21.7. The van der Waals surface area contributed by atoms with Gasteiger partial charge in [0, 0.05) is 10.3 Å². The van der Waals surface area contributed by atoms with Crippen LogP contribution in [-0.2, 0) is 4.74 Å². The third-order valence-corrected chi connectivity index (χ3v) is 6.83. The molecule has 0 saturated carbocycles. The molecule has 1 N–H and O–H groups in total. The van der Waals surface area contributed by atoms with E-state index >= 15 is 0 Å². The number of aryl methyl sites for hydroxylation is 2. The summed E-state index contributed by atoms with van der Waals surface area (Å²) in [7, 11) is 0. The molecule has 0 bridgehead atoms. The number of ether oxygens (including phenoxy) is 1. The van der Waals surface area contributed by atoms with E-state index in [0.717, 1.165) is 10.4 Å². The zero-order valence-corrected chi connectivity index (χ0v) is 19.5. The first-order chi connectivity index (χ1) is 16.3.